The van der Waals surface area contributed by atoms with Crippen molar-refractivity contribution in [1.29, 1.82) is 0 Å². The SMILES string of the molecule is CCCCOc1ccc(OCC(=O)N/N=C\c2cc(Br)cc(Br)c2O)cc1. The Morgan fingerprint density at radius 2 is 1.85 bits per heavy atom. The van der Waals surface area contributed by atoms with Crippen LogP contribution in [0.1, 0.15) is 25.3 Å². The first-order valence-corrected chi connectivity index (χ1v) is 9.93. The molecule has 0 aliphatic rings. The van der Waals surface area contributed by atoms with E-state index in [1.54, 1.807) is 36.4 Å². The second kappa shape index (κ2) is 10.9. The smallest absolute Gasteiger partial charge is 0.277 e. The number of halogens is 2. The molecule has 0 fully saturated rings. The standard InChI is InChI=1S/C19H20Br2N2O4/c1-2-3-8-26-15-4-6-16(7-5-15)27-12-18(24)23-22-11-13-9-14(20)10-17(21)19(13)25/h4-7,9-11,25H,2-3,8,12H2,1H3,(H,23,24)/b22-11-. The predicted octanol–water partition coefficient (Wildman–Crippen LogP) is 4.63. The van der Waals surface area contributed by atoms with Crippen molar-refractivity contribution in [2.75, 3.05) is 13.2 Å². The number of carbonyl (C=O) groups is 1. The van der Waals surface area contributed by atoms with Gasteiger partial charge in [-0.15, -0.1) is 0 Å². The van der Waals surface area contributed by atoms with Gasteiger partial charge in [-0.2, -0.15) is 5.10 Å². The third kappa shape index (κ3) is 7.22. The first-order chi connectivity index (χ1) is 13.0. The number of unbranched alkanes of at least 4 members (excludes halogenated alkanes) is 1. The van der Waals surface area contributed by atoms with E-state index in [0.717, 1.165) is 23.1 Å². The fourth-order valence-corrected chi connectivity index (χ4v) is 3.26. The number of carbonyl (C=O) groups excluding carboxylic acids is 1. The molecule has 2 aromatic carbocycles. The molecule has 0 saturated carbocycles. The summed E-state index contributed by atoms with van der Waals surface area (Å²) >= 11 is 6.56. The van der Waals surface area contributed by atoms with Crippen molar-refractivity contribution >= 4 is 44.0 Å². The molecule has 6 nitrogen and oxygen atoms in total. The number of hydrogen-bond acceptors (Lipinski definition) is 5. The normalized spacial score (nSPS) is 10.8. The average molecular weight is 500 g/mol. The first-order valence-electron chi connectivity index (χ1n) is 8.35. The third-order valence-corrected chi connectivity index (χ3v) is 4.47. The molecule has 0 aliphatic heterocycles. The number of ether oxygens (including phenoxy) is 2. The molecule has 0 unspecified atom stereocenters. The molecule has 27 heavy (non-hydrogen) atoms. The summed E-state index contributed by atoms with van der Waals surface area (Å²) in [5.74, 6) is 0.951. The molecule has 2 N–H and O–H groups in total. The number of hydrazone groups is 1. The zero-order valence-electron chi connectivity index (χ0n) is 14.7. The summed E-state index contributed by atoms with van der Waals surface area (Å²) in [6.45, 7) is 2.61. The second-order valence-corrected chi connectivity index (χ2v) is 7.35. The lowest BCUT2D eigenvalue weighted by Crippen LogP contribution is -2.24. The molecule has 8 heteroatoms. The Morgan fingerprint density at radius 3 is 2.52 bits per heavy atom. The number of nitrogens with zero attached hydrogens (tertiary/aromatic N) is 1. The van der Waals surface area contributed by atoms with Crippen LogP contribution in [-0.2, 0) is 4.79 Å². The molecule has 0 aromatic heterocycles. The quantitative estimate of drug-likeness (QED) is 0.299. The minimum absolute atomic E-state index is 0.0358. The van der Waals surface area contributed by atoms with E-state index in [0.29, 0.717) is 22.4 Å². The highest BCUT2D eigenvalue weighted by molar-refractivity contribution is 9.11. The van der Waals surface area contributed by atoms with Gasteiger partial charge in [0.15, 0.2) is 6.61 Å². The summed E-state index contributed by atoms with van der Waals surface area (Å²) in [5.41, 5.74) is 2.81. The van der Waals surface area contributed by atoms with Crippen molar-refractivity contribution < 1.29 is 19.4 Å². The summed E-state index contributed by atoms with van der Waals surface area (Å²) in [6, 6.07) is 10.5. The van der Waals surface area contributed by atoms with Gasteiger partial charge in [0.25, 0.3) is 5.91 Å². The minimum atomic E-state index is -0.414. The van der Waals surface area contributed by atoms with Crippen molar-refractivity contribution in [3.8, 4) is 17.2 Å². The summed E-state index contributed by atoms with van der Waals surface area (Å²) in [6.07, 6.45) is 3.44. The maximum absolute atomic E-state index is 11.8. The number of nitrogens with one attached hydrogen (secondary N) is 1. The van der Waals surface area contributed by atoms with Crippen LogP contribution in [0.25, 0.3) is 0 Å². The highest BCUT2D eigenvalue weighted by Crippen LogP contribution is 2.30. The third-order valence-electron chi connectivity index (χ3n) is 3.41. The molecular formula is C19H20Br2N2O4. The van der Waals surface area contributed by atoms with Crippen LogP contribution in [0, 0.1) is 0 Å². The van der Waals surface area contributed by atoms with Gasteiger partial charge in [-0.05, 0) is 58.7 Å². The zero-order valence-corrected chi connectivity index (χ0v) is 17.9. The molecule has 1 amide bonds. The van der Waals surface area contributed by atoms with Gasteiger partial charge in [-0.1, -0.05) is 29.3 Å². The molecule has 0 aliphatic carbocycles. The average Bonchev–Trinajstić information content (AvgIpc) is 2.65. The molecule has 0 spiro atoms. The number of phenolic OH excluding ortho intramolecular Hbond substituents is 1. The fourth-order valence-electron chi connectivity index (χ4n) is 2.01. The number of rotatable bonds is 9. The summed E-state index contributed by atoms with van der Waals surface area (Å²) in [7, 11) is 0. The van der Waals surface area contributed by atoms with E-state index in [4.69, 9.17) is 9.47 Å². The molecule has 2 rings (SSSR count). The minimum Gasteiger partial charge on any atom is -0.506 e. The summed E-state index contributed by atoms with van der Waals surface area (Å²) in [4.78, 5) is 11.8. The van der Waals surface area contributed by atoms with Crippen LogP contribution in [0.5, 0.6) is 17.2 Å². The highest BCUT2D eigenvalue weighted by atomic mass is 79.9. The van der Waals surface area contributed by atoms with Crippen LogP contribution in [0.4, 0.5) is 0 Å². The molecule has 0 heterocycles. The Labute approximate surface area is 174 Å². The number of aromatic hydroxyl groups is 1. The number of hydrogen-bond donors (Lipinski definition) is 2. The van der Waals surface area contributed by atoms with Crippen molar-refractivity contribution in [1.82, 2.24) is 5.43 Å². The van der Waals surface area contributed by atoms with Gasteiger partial charge < -0.3 is 14.6 Å². The van der Waals surface area contributed by atoms with E-state index >= 15 is 0 Å². The van der Waals surface area contributed by atoms with Gasteiger partial charge in [-0.25, -0.2) is 5.43 Å². The fraction of sp³-hybridized carbons (Fsp3) is 0.263. The molecule has 2 aromatic rings. The van der Waals surface area contributed by atoms with Crippen LogP contribution in [-0.4, -0.2) is 30.4 Å². The van der Waals surface area contributed by atoms with Crippen LogP contribution < -0.4 is 14.9 Å². The lowest BCUT2D eigenvalue weighted by molar-refractivity contribution is -0.123. The Hall–Kier alpha value is -2.06. The van der Waals surface area contributed by atoms with E-state index in [2.05, 4.69) is 49.3 Å². The maximum atomic E-state index is 11.8. The lowest BCUT2D eigenvalue weighted by Gasteiger charge is -2.08. The van der Waals surface area contributed by atoms with Crippen LogP contribution >= 0.6 is 31.9 Å². The number of phenols is 1. The van der Waals surface area contributed by atoms with Gasteiger partial charge >= 0.3 is 0 Å². The van der Waals surface area contributed by atoms with E-state index in [1.807, 2.05) is 0 Å². The van der Waals surface area contributed by atoms with Crippen molar-refractivity contribution in [2.24, 2.45) is 5.10 Å². The molecular weight excluding hydrogens is 480 g/mol. The van der Waals surface area contributed by atoms with Gasteiger partial charge in [0.1, 0.15) is 17.2 Å². The van der Waals surface area contributed by atoms with E-state index in [-0.39, 0.29) is 12.4 Å². The van der Waals surface area contributed by atoms with Crippen LogP contribution in [0.2, 0.25) is 0 Å². The van der Waals surface area contributed by atoms with E-state index in [1.165, 1.54) is 6.21 Å². The molecule has 0 radical (unpaired) electrons. The van der Waals surface area contributed by atoms with Crippen molar-refractivity contribution in [3.63, 3.8) is 0 Å². The Bertz CT molecular complexity index is 795. The monoisotopic (exact) mass is 498 g/mol. The molecule has 0 saturated heterocycles. The Balaban J connectivity index is 1.79. The molecule has 0 bridgehead atoms. The topological polar surface area (TPSA) is 80.2 Å². The molecule has 0 atom stereocenters. The number of amides is 1. The largest absolute Gasteiger partial charge is 0.506 e. The Kier molecular flexibility index (Phi) is 8.60. The predicted molar refractivity (Wildman–Crippen MR) is 112 cm³/mol. The first kappa shape index (κ1) is 21.2. The van der Waals surface area contributed by atoms with Gasteiger partial charge in [0.2, 0.25) is 0 Å². The van der Waals surface area contributed by atoms with Crippen molar-refractivity contribution in [3.05, 3.63) is 50.9 Å². The summed E-state index contributed by atoms with van der Waals surface area (Å²) < 4.78 is 12.3. The van der Waals surface area contributed by atoms with E-state index in [9.17, 15) is 9.90 Å². The Morgan fingerprint density at radius 1 is 1.19 bits per heavy atom. The van der Waals surface area contributed by atoms with Crippen LogP contribution in [0.3, 0.4) is 0 Å². The molecule has 144 valence electrons. The van der Waals surface area contributed by atoms with Gasteiger partial charge in [0, 0.05) is 10.0 Å². The van der Waals surface area contributed by atoms with Gasteiger partial charge in [0.05, 0.1) is 17.3 Å². The van der Waals surface area contributed by atoms with Crippen molar-refractivity contribution in [2.45, 2.75) is 19.8 Å². The highest BCUT2D eigenvalue weighted by Gasteiger charge is 2.06. The maximum Gasteiger partial charge on any atom is 0.277 e. The van der Waals surface area contributed by atoms with E-state index < -0.39 is 5.91 Å². The van der Waals surface area contributed by atoms with Gasteiger partial charge in [-0.3, -0.25) is 4.79 Å². The summed E-state index contributed by atoms with van der Waals surface area (Å²) in [5, 5.41) is 13.7. The van der Waals surface area contributed by atoms with Crippen LogP contribution in [0.15, 0.2) is 50.4 Å². The zero-order chi connectivity index (χ0) is 19.6. The number of benzene rings is 2. The lowest BCUT2D eigenvalue weighted by atomic mass is 10.2. The second-order valence-electron chi connectivity index (χ2n) is 5.58.